The molecule has 0 aliphatic heterocycles. The van der Waals surface area contributed by atoms with E-state index in [1.807, 2.05) is 30.3 Å². The molecule has 0 saturated heterocycles. The number of carbonyl (C=O) groups excluding carboxylic acids is 1. The number of rotatable bonds is 1. The fraction of sp³-hybridized carbons (Fsp3) is 0. The largest absolute Gasteiger partial charge is 0.508 e. The van der Waals surface area contributed by atoms with Gasteiger partial charge in [0.1, 0.15) is 5.75 Å². The molecule has 4 rings (SSSR count). The zero-order valence-electron chi connectivity index (χ0n) is 11.4. The number of anilines is 1. The number of aromatic nitrogens is 2. The summed E-state index contributed by atoms with van der Waals surface area (Å²) in [6, 6.07) is 14.0. The van der Waals surface area contributed by atoms with Crippen LogP contribution in [0.15, 0.2) is 48.5 Å². The summed E-state index contributed by atoms with van der Waals surface area (Å²) in [5.41, 5.74) is 9.13. The molecule has 106 valence electrons. The van der Waals surface area contributed by atoms with E-state index >= 15 is 0 Å². The van der Waals surface area contributed by atoms with Gasteiger partial charge in [-0.1, -0.05) is 30.3 Å². The molecular formula is C17H11N3O2. The summed E-state index contributed by atoms with van der Waals surface area (Å²) in [6.45, 7) is 0. The van der Waals surface area contributed by atoms with Crippen molar-refractivity contribution in [3.63, 3.8) is 0 Å². The van der Waals surface area contributed by atoms with Crippen LogP contribution in [0.4, 0.5) is 5.95 Å². The lowest BCUT2D eigenvalue weighted by molar-refractivity contribution is 0.104. The third-order valence-electron chi connectivity index (χ3n) is 3.70. The summed E-state index contributed by atoms with van der Waals surface area (Å²) in [5, 5.41) is 9.68. The number of ketones is 1. The fourth-order valence-corrected chi connectivity index (χ4v) is 2.75. The zero-order chi connectivity index (χ0) is 15.3. The maximum atomic E-state index is 12.7. The number of nitrogen functional groups attached to an aromatic ring is 1. The predicted molar refractivity (Wildman–Crippen MR) is 82.4 cm³/mol. The summed E-state index contributed by atoms with van der Waals surface area (Å²) in [5.74, 6) is 0.0308. The van der Waals surface area contributed by atoms with Crippen molar-refractivity contribution in [2.75, 3.05) is 5.73 Å². The number of nitrogens with zero attached hydrogens (tertiary/aromatic N) is 2. The average Bonchev–Trinajstić information content (AvgIpc) is 2.80. The minimum absolute atomic E-state index is 0.0813. The van der Waals surface area contributed by atoms with Gasteiger partial charge in [-0.3, -0.25) is 4.79 Å². The van der Waals surface area contributed by atoms with Crippen LogP contribution in [-0.4, -0.2) is 20.9 Å². The SMILES string of the molecule is Nc1nc(-c2ccccc2)c2c(n1)-c1cc(O)ccc1C2=O. The van der Waals surface area contributed by atoms with Crippen LogP contribution in [0.5, 0.6) is 5.75 Å². The number of nitrogens with two attached hydrogens (primary N) is 1. The molecule has 5 heteroatoms. The summed E-state index contributed by atoms with van der Waals surface area (Å²) in [4.78, 5) is 21.2. The molecule has 3 aromatic rings. The molecule has 0 amide bonds. The number of hydrogen-bond acceptors (Lipinski definition) is 5. The monoisotopic (exact) mass is 289 g/mol. The number of benzene rings is 2. The Kier molecular flexibility index (Phi) is 2.50. The van der Waals surface area contributed by atoms with Gasteiger partial charge in [-0.2, -0.15) is 0 Å². The van der Waals surface area contributed by atoms with Crippen LogP contribution in [0.3, 0.4) is 0 Å². The quantitative estimate of drug-likeness (QED) is 0.562. The van der Waals surface area contributed by atoms with Gasteiger partial charge in [0.15, 0.2) is 5.78 Å². The standard InChI is InChI=1S/C17H11N3O2/c18-17-19-14(9-4-2-1-3-5-9)13-15(20-17)12-8-10(21)6-7-11(12)16(13)22/h1-8,21H,(H2,18,19,20). The van der Waals surface area contributed by atoms with Gasteiger partial charge in [0.25, 0.3) is 0 Å². The summed E-state index contributed by atoms with van der Waals surface area (Å²) < 4.78 is 0. The first-order valence-corrected chi connectivity index (χ1v) is 6.76. The molecule has 0 radical (unpaired) electrons. The van der Waals surface area contributed by atoms with E-state index in [1.165, 1.54) is 12.1 Å². The molecule has 0 spiro atoms. The number of phenols is 1. The minimum atomic E-state index is -0.149. The zero-order valence-corrected chi connectivity index (χ0v) is 11.4. The van der Waals surface area contributed by atoms with E-state index in [0.29, 0.717) is 28.1 Å². The molecule has 1 aliphatic rings. The van der Waals surface area contributed by atoms with Gasteiger partial charge in [0.05, 0.1) is 17.0 Å². The van der Waals surface area contributed by atoms with Crippen molar-refractivity contribution in [2.45, 2.75) is 0 Å². The third-order valence-corrected chi connectivity index (χ3v) is 3.70. The molecule has 3 N–H and O–H groups in total. The van der Waals surface area contributed by atoms with Crippen LogP contribution in [0.1, 0.15) is 15.9 Å². The second-order valence-electron chi connectivity index (χ2n) is 5.08. The summed E-state index contributed by atoms with van der Waals surface area (Å²) in [6.07, 6.45) is 0. The second kappa shape index (κ2) is 4.39. The highest BCUT2D eigenvalue weighted by molar-refractivity contribution is 6.23. The van der Waals surface area contributed by atoms with E-state index in [2.05, 4.69) is 9.97 Å². The van der Waals surface area contributed by atoms with E-state index in [9.17, 15) is 9.90 Å². The molecule has 5 nitrogen and oxygen atoms in total. The van der Waals surface area contributed by atoms with E-state index in [-0.39, 0.29) is 17.5 Å². The maximum Gasteiger partial charge on any atom is 0.221 e. The topological polar surface area (TPSA) is 89.1 Å². The van der Waals surface area contributed by atoms with E-state index < -0.39 is 0 Å². The Bertz CT molecular complexity index is 921. The lowest BCUT2D eigenvalue weighted by Crippen LogP contribution is -2.05. The number of aromatic hydroxyl groups is 1. The van der Waals surface area contributed by atoms with Crippen LogP contribution < -0.4 is 5.73 Å². The van der Waals surface area contributed by atoms with Gasteiger partial charge in [-0.15, -0.1) is 0 Å². The predicted octanol–water partition coefficient (Wildman–Crippen LogP) is 2.64. The van der Waals surface area contributed by atoms with E-state index in [4.69, 9.17) is 5.73 Å². The van der Waals surface area contributed by atoms with Crippen molar-refractivity contribution in [2.24, 2.45) is 0 Å². The van der Waals surface area contributed by atoms with Gasteiger partial charge < -0.3 is 10.8 Å². The highest BCUT2D eigenvalue weighted by Crippen LogP contribution is 2.41. The van der Waals surface area contributed by atoms with Crippen LogP contribution in [0, 0.1) is 0 Å². The lowest BCUT2D eigenvalue weighted by atomic mass is 10.0. The molecule has 0 unspecified atom stereocenters. The van der Waals surface area contributed by atoms with Crippen LogP contribution in [0.25, 0.3) is 22.5 Å². The van der Waals surface area contributed by atoms with E-state index in [0.717, 1.165) is 5.56 Å². The van der Waals surface area contributed by atoms with Crippen molar-refractivity contribution in [1.29, 1.82) is 0 Å². The Balaban J connectivity index is 2.06. The average molecular weight is 289 g/mol. The number of carbonyl (C=O) groups is 1. The van der Waals surface area contributed by atoms with Crippen LogP contribution in [-0.2, 0) is 0 Å². The first-order chi connectivity index (χ1) is 10.6. The van der Waals surface area contributed by atoms with Crippen molar-refractivity contribution in [3.05, 3.63) is 59.7 Å². The lowest BCUT2D eigenvalue weighted by Gasteiger charge is -2.07. The second-order valence-corrected chi connectivity index (χ2v) is 5.08. The third kappa shape index (κ3) is 1.69. The fourth-order valence-electron chi connectivity index (χ4n) is 2.75. The van der Waals surface area contributed by atoms with Crippen molar-refractivity contribution in [3.8, 4) is 28.3 Å². The Morgan fingerprint density at radius 2 is 1.64 bits per heavy atom. The minimum Gasteiger partial charge on any atom is -0.508 e. The number of hydrogen-bond donors (Lipinski definition) is 2. The summed E-state index contributed by atoms with van der Waals surface area (Å²) in [7, 11) is 0. The molecule has 0 fully saturated rings. The smallest absolute Gasteiger partial charge is 0.221 e. The molecule has 22 heavy (non-hydrogen) atoms. The molecule has 0 bridgehead atoms. The molecule has 1 aliphatic carbocycles. The molecule has 0 atom stereocenters. The normalized spacial score (nSPS) is 12.1. The first-order valence-electron chi connectivity index (χ1n) is 6.76. The highest BCUT2D eigenvalue weighted by atomic mass is 16.3. The van der Waals surface area contributed by atoms with Gasteiger partial charge in [0, 0.05) is 16.7 Å². The highest BCUT2D eigenvalue weighted by Gasteiger charge is 2.32. The molecule has 1 heterocycles. The first kappa shape index (κ1) is 12.5. The molecule has 1 aromatic heterocycles. The van der Waals surface area contributed by atoms with Gasteiger partial charge >= 0.3 is 0 Å². The molecule has 0 saturated carbocycles. The van der Waals surface area contributed by atoms with Crippen LogP contribution >= 0.6 is 0 Å². The Morgan fingerprint density at radius 1 is 0.909 bits per heavy atom. The number of phenolic OH excluding ortho intramolecular Hbond substituents is 1. The summed E-state index contributed by atoms with van der Waals surface area (Å²) >= 11 is 0. The van der Waals surface area contributed by atoms with Crippen molar-refractivity contribution >= 4 is 11.7 Å². The van der Waals surface area contributed by atoms with Gasteiger partial charge in [-0.05, 0) is 18.2 Å². The van der Waals surface area contributed by atoms with Gasteiger partial charge in [-0.25, -0.2) is 9.97 Å². The van der Waals surface area contributed by atoms with Crippen molar-refractivity contribution in [1.82, 2.24) is 9.97 Å². The Morgan fingerprint density at radius 3 is 2.41 bits per heavy atom. The maximum absolute atomic E-state index is 12.7. The van der Waals surface area contributed by atoms with Gasteiger partial charge in [0.2, 0.25) is 5.95 Å². The number of fused-ring (bicyclic) bond motifs is 3. The van der Waals surface area contributed by atoms with E-state index in [1.54, 1.807) is 6.07 Å². The van der Waals surface area contributed by atoms with Crippen LogP contribution in [0.2, 0.25) is 0 Å². The molecule has 2 aromatic carbocycles. The Labute approximate surface area is 126 Å². The Hall–Kier alpha value is -3.21. The molecular weight excluding hydrogens is 278 g/mol. The van der Waals surface area contributed by atoms with Crippen molar-refractivity contribution < 1.29 is 9.90 Å².